The highest BCUT2D eigenvalue weighted by Crippen LogP contribution is 2.37. The molecule has 1 saturated heterocycles. The first-order valence-electron chi connectivity index (χ1n) is 9.40. The average molecular weight is 431 g/mol. The molecule has 0 unspecified atom stereocenters. The molecule has 4 rings (SSSR count). The van der Waals surface area contributed by atoms with Gasteiger partial charge in [0.2, 0.25) is 11.8 Å². The largest absolute Gasteiger partial charge is 0.419 e. The summed E-state index contributed by atoms with van der Waals surface area (Å²) in [5.74, 6) is -0.438. The number of aromatic nitrogens is 1. The Balaban J connectivity index is 1.61. The Morgan fingerprint density at radius 1 is 1.03 bits per heavy atom. The summed E-state index contributed by atoms with van der Waals surface area (Å²) in [6.45, 7) is 2.14. The number of benzene rings is 2. The minimum absolute atomic E-state index is 0.0175. The summed E-state index contributed by atoms with van der Waals surface area (Å²) in [4.78, 5) is 18.5. The Kier molecular flexibility index (Phi) is 5.65. The predicted octanol–water partition coefficient (Wildman–Crippen LogP) is 5.48. The Labute approximate surface area is 178 Å². The molecule has 29 heavy (non-hydrogen) atoms. The second kappa shape index (κ2) is 8.35. The minimum atomic E-state index is -0.712. The fourth-order valence-corrected chi connectivity index (χ4v) is 3.98. The van der Waals surface area contributed by atoms with Crippen molar-refractivity contribution in [3.8, 4) is 11.5 Å². The molecule has 1 amide bonds. The first-order chi connectivity index (χ1) is 14.0. The summed E-state index contributed by atoms with van der Waals surface area (Å²) in [5, 5.41) is 3.81. The van der Waals surface area contributed by atoms with Crippen LogP contribution in [-0.4, -0.2) is 24.0 Å². The van der Waals surface area contributed by atoms with E-state index in [1.165, 1.54) is 24.9 Å². The molecule has 0 bridgehead atoms. The normalized spacial score (nSPS) is 14.1. The first kappa shape index (κ1) is 19.6. The molecule has 0 radical (unpaired) electrons. The molecular weight excluding hydrogens is 411 g/mol. The van der Waals surface area contributed by atoms with Gasteiger partial charge in [0.05, 0.1) is 15.6 Å². The molecular formula is C21H20Cl2N4O2. The quantitative estimate of drug-likeness (QED) is 0.559. The Bertz CT molecular complexity index is 1010. The van der Waals surface area contributed by atoms with Gasteiger partial charge in [-0.15, -0.1) is 0 Å². The molecule has 150 valence electrons. The van der Waals surface area contributed by atoms with Crippen molar-refractivity contribution in [1.29, 1.82) is 0 Å². The van der Waals surface area contributed by atoms with Crippen molar-refractivity contribution in [3.63, 3.8) is 0 Å². The van der Waals surface area contributed by atoms with Crippen molar-refractivity contribution in [2.45, 2.75) is 19.3 Å². The molecule has 3 N–H and O–H groups in total. The van der Waals surface area contributed by atoms with Crippen molar-refractivity contribution in [3.05, 3.63) is 58.2 Å². The summed E-state index contributed by atoms with van der Waals surface area (Å²) in [6, 6.07) is 13.0. The number of nitrogens with zero attached hydrogens (tertiary/aromatic N) is 2. The van der Waals surface area contributed by atoms with Crippen molar-refractivity contribution in [1.82, 2.24) is 4.98 Å². The second-order valence-corrected chi connectivity index (χ2v) is 7.69. The van der Waals surface area contributed by atoms with Crippen LogP contribution in [0.2, 0.25) is 10.0 Å². The molecule has 0 saturated carbocycles. The number of piperidine rings is 1. The van der Waals surface area contributed by atoms with Crippen LogP contribution < -0.4 is 16.0 Å². The highest BCUT2D eigenvalue weighted by Gasteiger charge is 2.22. The van der Waals surface area contributed by atoms with Crippen LogP contribution in [0.4, 0.5) is 17.3 Å². The third kappa shape index (κ3) is 4.18. The Morgan fingerprint density at radius 3 is 2.31 bits per heavy atom. The highest BCUT2D eigenvalue weighted by molar-refractivity contribution is 6.38. The fraction of sp³-hybridized carbons (Fsp3) is 0.238. The van der Waals surface area contributed by atoms with Crippen LogP contribution in [0.1, 0.15) is 29.8 Å². The minimum Gasteiger partial charge on any atom is -0.419 e. The molecule has 8 heteroatoms. The lowest BCUT2D eigenvalue weighted by molar-refractivity contribution is 0.0996. The fourth-order valence-electron chi connectivity index (χ4n) is 3.42. The van der Waals surface area contributed by atoms with E-state index in [4.69, 9.17) is 33.4 Å². The van der Waals surface area contributed by atoms with Crippen LogP contribution in [0.5, 0.6) is 0 Å². The Morgan fingerprint density at radius 2 is 1.69 bits per heavy atom. The summed E-state index contributed by atoms with van der Waals surface area (Å²) >= 11 is 12.5. The lowest BCUT2D eigenvalue weighted by Crippen LogP contribution is -2.29. The zero-order chi connectivity index (χ0) is 20.4. The Hall–Kier alpha value is -2.70. The number of anilines is 3. The average Bonchev–Trinajstić information content (AvgIpc) is 3.13. The van der Waals surface area contributed by atoms with E-state index >= 15 is 0 Å². The van der Waals surface area contributed by atoms with E-state index in [1.54, 1.807) is 18.2 Å². The zero-order valence-corrected chi connectivity index (χ0v) is 17.1. The van der Waals surface area contributed by atoms with Gasteiger partial charge >= 0.3 is 0 Å². The molecule has 0 atom stereocenters. The van der Waals surface area contributed by atoms with E-state index in [1.807, 2.05) is 24.3 Å². The summed E-state index contributed by atoms with van der Waals surface area (Å²) in [5.41, 5.74) is 7.80. The lowest BCUT2D eigenvalue weighted by atomic mass is 10.1. The molecule has 0 aliphatic carbocycles. The topological polar surface area (TPSA) is 84.4 Å². The summed E-state index contributed by atoms with van der Waals surface area (Å²) < 4.78 is 5.77. The molecule has 1 aliphatic rings. The molecule has 2 aromatic carbocycles. The zero-order valence-electron chi connectivity index (χ0n) is 15.6. The van der Waals surface area contributed by atoms with E-state index in [-0.39, 0.29) is 17.5 Å². The van der Waals surface area contributed by atoms with E-state index in [0.29, 0.717) is 15.6 Å². The third-order valence-corrected chi connectivity index (χ3v) is 5.51. The van der Waals surface area contributed by atoms with Crippen LogP contribution in [0, 0.1) is 0 Å². The molecule has 6 nitrogen and oxygen atoms in total. The van der Waals surface area contributed by atoms with Gasteiger partial charge in [0.15, 0.2) is 5.69 Å². The number of nitrogens with two attached hydrogens (primary N) is 1. The predicted molar refractivity (Wildman–Crippen MR) is 116 cm³/mol. The van der Waals surface area contributed by atoms with Crippen LogP contribution in [0.3, 0.4) is 0 Å². The number of oxazole rings is 1. The van der Waals surface area contributed by atoms with Gasteiger partial charge < -0.3 is 20.4 Å². The number of hydrogen-bond acceptors (Lipinski definition) is 5. The van der Waals surface area contributed by atoms with Gasteiger partial charge in [-0.05, 0) is 55.7 Å². The molecule has 1 aromatic heterocycles. The van der Waals surface area contributed by atoms with E-state index < -0.39 is 5.91 Å². The van der Waals surface area contributed by atoms with Crippen molar-refractivity contribution in [2.75, 3.05) is 23.3 Å². The monoisotopic (exact) mass is 430 g/mol. The number of carbonyl (C=O) groups excluding carboxylic acids is 1. The summed E-state index contributed by atoms with van der Waals surface area (Å²) in [6.07, 6.45) is 3.72. The van der Waals surface area contributed by atoms with Crippen molar-refractivity contribution in [2.24, 2.45) is 5.73 Å². The third-order valence-electron chi connectivity index (χ3n) is 4.88. The van der Waals surface area contributed by atoms with Gasteiger partial charge in [-0.1, -0.05) is 29.3 Å². The second-order valence-electron chi connectivity index (χ2n) is 6.88. The van der Waals surface area contributed by atoms with Crippen LogP contribution in [-0.2, 0) is 0 Å². The highest BCUT2D eigenvalue weighted by atomic mass is 35.5. The smallest absolute Gasteiger partial charge is 0.273 e. The van der Waals surface area contributed by atoms with Gasteiger partial charge in [-0.25, -0.2) is 4.98 Å². The number of halogens is 2. The maximum absolute atomic E-state index is 11.9. The number of carbonyl (C=O) groups is 1. The van der Waals surface area contributed by atoms with Gasteiger partial charge in [-0.2, -0.15) is 0 Å². The molecule has 0 spiro atoms. The molecule has 1 aliphatic heterocycles. The first-order valence-corrected chi connectivity index (χ1v) is 10.2. The molecule has 3 aromatic rings. The maximum atomic E-state index is 11.9. The standard InChI is InChI=1S/C21H20Cl2N4O2/c22-15-5-4-6-16(23)17(15)20-26-18(19(24)28)21(29-20)25-13-7-9-14(10-8-13)27-11-2-1-3-12-27/h4-10,25H,1-3,11-12H2,(H2,24,28). The number of primary amides is 1. The van der Waals surface area contributed by atoms with Gasteiger partial charge in [0.1, 0.15) is 0 Å². The molecule has 1 fully saturated rings. The van der Waals surface area contributed by atoms with E-state index in [9.17, 15) is 4.79 Å². The van der Waals surface area contributed by atoms with Crippen LogP contribution in [0.25, 0.3) is 11.5 Å². The number of nitrogens with one attached hydrogen (secondary N) is 1. The molecule has 2 heterocycles. The number of hydrogen-bond donors (Lipinski definition) is 2. The lowest BCUT2D eigenvalue weighted by Gasteiger charge is -2.28. The van der Waals surface area contributed by atoms with Crippen LogP contribution in [0.15, 0.2) is 46.9 Å². The van der Waals surface area contributed by atoms with Gasteiger partial charge in [0.25, 0.3) is 5.91 Å². The summed E-state index contributed by atoms with van der Waals surface area (Å²) in [7, 11) is 0. The van der Waals surface area contributed by atoms with Crippen molar-refractivity contribution < 1.29 is 9.21 Å². The number of amides is 1. The van der Waals surface area contributed by atoms with Gasteiger partial charge in [-0.3, -0.25) is 4.79 Å². The van der Waals surface area contributed by atoms with Crippen molar-refractivity contribution >= 4 is 46.4 Å². The van der Waals surface area contributed by atoms with Crippen LogP contribution >= 0.6 is 23.2 Å². The van der Waals surface area contributed by atoms with Gasteiger partial charge in [0, 0.05) is 24.5 Å². The maximum Gasteiger partial charge on any atom is 0.273 e. The SMILES string of the molecule is NC(=O)c1nc(-c2c(Cl)cccc2Cl)oc1Nc1ccc(N2CCCCC2)cc1. The van der Waals surface area contributed by atoms with E-state index in [2.05, 4.69) is 15.2 Å². The van der Waals surface area contributed by atoms with E-state index in [0.717, 1.165) is 18.8 Å². The number of rotatable bonds is 5.